The van der Waals surface area contributed by atoms with Crippen molar-refractivity contribution < 1.29 is 61.4 Å². The van der Waals surface area contributed by atoms with Crippen LogP contribution in [-0.4, -0.2) is 89.6 Å². The van der Waals surface area contributed by atoms with E-state index >= 15 is 0 Å². The number of azide groups is 1. The van der Waals surface area contributed by atoms with Gasteiger partial charge in [-0.15, -0.1) is 0 Å². The highest BCUT2D eigenvalue weighted by molar-refractivity contribution is 7.47. The minimum Gasteiger partial charge on any atom is -0.466 e. The maximum Gasteiger partial charge on any atom is 0.472 e. The zero-order chi connectivity index (χ0) is 41.3. The lowest BCUT2D eigenvalue weighted by atomic mass is 10.1. The zero-order valence-electron chi connectivity index (χ0n) is 32.4. The van der Waals surface area contributed by atoms with Crippen molar-refractivity contribution >= 4 is 31.7 Å². The maximum atomic E-state index is 12.4. The summed E-state index contributed by atoms with van der Waals surface area (Å²) in [5.41, 5.74) is 7.91. The van der Waals surface area contributed by atoms with Crippen molar-refractivity contribution in [2.75, 3.05) is 33.0 Å². The topological polar surface area (TPSA) is 274 Å². The number of hydrogen-bond donors (Lipinski definition) is 2. The van der Waals surface area contributed by atoms with E-state index in [0.717, 1.165) is 30.3 Å². The summed E-state index contributed by atoms with van der Waals surface area (Å²) in [5.74, 6) is -2.26. The number of aryl methyl sites for hydroxylation is 1. The van der Waals surface area contributed by atoms with Crippen LogP contribution < -0.4 is 11.2 Å². The molecule has 1 aromatic rings. The Morgan fingerprint density at radius 2 is 1.48 bits per heavy atom. The highest BCUT2D eigenvalue weighted by atomic mass is 31.2. The van der Waals surface area contributed by atoms with Gasteiger partial charge in [-0.05, 0) is 44.6 Å². The molecule has 1 saturated heterocycles. The lowest BCUT2D eigenvalue weighted by Crippen LogP contribution is -2.33. The molecular weight excluding hydrogens is 761 g/mol. The predicted molar refractivity (Wildman–Crippen MR) is 198 cm³/mol. The number of aromatic nitrogens is 2. The van der Waals surface area contributed by atoms with Crippen LogP contribution in [0, 0.1) is 6.92 Å². The van der Waals surface area contributed by atoms with Gasteiger partial charge in [-0.1, -0.05) is 51.1 Å². The van der Waals surface area contributed by atoms with Gasteiger partial charge in [0.1, 0.15) is 19.4 Å². The van der Waals surface area contributed by atoms with Crippen LogP contribution in [0.15, 0.2) is 20.9 Å². The number of phosphoric acid groups is 1. The Bertz CT molecular complexity index is 1590. The minimum absolute atomic E-state index is 0.0564. The molecule has 0 saturated carbocycles. The number of unbranched alkanes of at least 4 members (excludes halogenated alkanes) is 7. The van der Waals surface area contributed by atoms with E-state index in [9.17, 15) is 38.2 Å². The first-order valence-corrected chi connectivity index (χ1v) is 20.6. The van der Waals surface area contributed by atoms with E-state index in [-0.39, 0.29) is 64.1 Å². The van der Waals surface area contributed by atoms with Gasteiger partial charge < -0.3 is 28.6 Å². The summed E-state index contributed by atoms with van der Waals surface area (Å²) in [5, 5.41) is 3.64. The summed E-state index contributed by atoms with van der Waals surface area (Å²) >= 11 is 0. The molecule has 0 radical (unpaired) electrons. The molecule has 1 aliphatic rings. The normalized spacial score (nSPS) is 17.5. The Balaban J connectivity index is 1.64. The lowest BCUT2D eigenvalue weighted by molar-refractivity contribution is -0.167. The second-order valence-corrected chi connectivity index (χ2v) is 14.7. The molecule has 0 spiro atoms. The first-order chi connectivity index (χ1) is 26.8. The van der Waals surface area contributed by atoms with Gasteiger partial charge in [-0.2, -0.15) is 0 Å². The SMILES string of the molecule is CCCCCC(=O)OCC(COC(=O)CCCCC)OC(=O)CCC(=O)OCCCCCCOP(=O)(O)OC[C@H]1O[C@@H](n2cc(C)c(=O)[nH]c2=O)C[C@@H]1N=[N+]=[N-]. The molecule has 21 heteroatoms. The van der Waals surface area contributed by atoms with E-state index in [1.165, 1.54) is 13.1 Å². The van der Waals surface area contributed by atoms with Crippen LogP contribution in [0.4, 0.5) is 0 Å². The molecule has 1 fully saturated rings. The molecule has 0 bridgehead atoms. The summed E-state index contributed by atoms with van der Waals surface area (Å²) < 4.78 is 50.4. The number of aromatic amines is 1. The molecule has 56 heavy (non-hydrogen) atoms. The van der Waals surface area contributed by atoms with Gasteiger partial charge in [0.15, 0.2) is 6.10 Å². The van der Waals surface area contributed by atoms with Crippen molar-refractivity contribution in [1.82, 2.24) is 9.55 Å². The Hall–Kier alpha value is -4.06. The molecule has 0 aliphatic carbocycles. The average Bonchev–Trinajstić information content (AvgIpc) is 3.56. The summed E-state index contributed by atoms with van der Waals surface area (Å²) in [6.45, 7) is 4.45. The molecule has 1 aliphatic heterocycles. The van der Waals surface area contributed by atoms with E-state index in [2.05, 4.69) is 15.0 Å². The molecule has 2 heterocycles. The number of H-pyrrole nitrogens is 1. The van der Waals surface area contributed by atoms with E-state index in [1.54, 1.807) is 0 Å². The van der Waals surface area contributed by atoms with Crippen molar-refractivity contribution in [2.45, 2.75) is 142 Å². The van der Waals surface area contributed by atoms with E-state index < -0.39 is 74.0 Å². The Morgan fingerprint density at radius 3 is 2.09 bits per heavy atom. The Morgan fingerprint density at radius 1 is 0.893 bits per heavy atom. The van der Waals surface area contributed by atoms with Crippen molar-refractivity contribution in [3.05, 3.63) is 43.0 Å². The predicted octanol–water partition coefficient (Wildman–Crippen LogP) is 4.99. The zero-order valence-corrected chi connectivity index (χ0v) is 33.3. The van der Waals surface area contributed by atoms with Crippen molar-refractivity contribution in [1.29, 1.82) is 0 Å². The highest BCUT2D eigenvalue weighted by Crippen LogP contribution is 2.44. The van der Waals surface area contributed by atoms with Crippen molar-refractivity contribution in [2.24, 2.45) is 5.11 Å². The van der Waals surface area contributed by atoms with Gasteiger partial charge in [0, 0.05) is 35.9 Å². The second kappa shape index (κ2) is 26.7. The van der Waals surface area contributed by atoms with Gasteiger partial charge in [-0.25, -0.2) is 9.36 Å². The first-order valence-electron chi connectivity index (χ1n) is 19.1. The molecule has 1 unspecified atom stereocenters. The lowest BCUT2D eigenvalue weighted by Gasteiger charge is -2.18. The van der Waals surface area contributed by atoms with Gasteiger partial charge in [0.2, 0.25) is 0 Å². The number of rotatable bonds is 29. The fraction of sp³-hybridized carbons (Fsp3) is 0.771. The van der Waals surface area contributed by atoms with Gasteiger partial charge in [0.05, 0.1) is 44.8 Å². The van der Waals surface area contributed by atoms with Crippen LogP contribution in [0.3, 0.4) is 0 Å². The third-order valence-corrected chi connectivity index (χ3v) is 9.46. The molecule has 0 aromatic carbocycles. The van der Waals surface area contributed by atoms with Gasteiger partial charge >= 0.3 is 37.4 Å². The third kappa shape index (κ3) is 19.7. The molecule has 4 atom stereocenters. The number of phosphoric ester groups is 1. The van der Waals surface area contributed by atoms with Gasteiger partial charge in [0.25, 0.3) is 5.56 Å². The third-order valence-electron chi connectivity index (χ3n) is 8.48. The second-order valence-electron chi connectivity index (χ2n) is 13.2. The molecule has 20 nitrogen and oxygen atoms in total. The van der Waals surface area contributed by atoms with E-state index in [0.29, 0.717) is 38.5 Å². The number of esters is 4. The van der Waals surface area contributed by atoms with Crippen LogP contribution in [0.5, 0.6) is 0 Å². The fourth-order valence-electron chi connectivity index (χ4n) is 5.34. The number of carbonyl (C=O) groups excluding carboxylic acids is 4. The quantitative estimate of drug-likeness (QED) is 0.0205. The largest absolute Gasteiger partial charge is 0.472 e. The number of carbonyl (C=O) groups is 4. The van der Waals surface area contributed by atoms with Crippen LogP contribution in [-0.2, 0) is 56.5 Å². The van der Waals surface area contributed by atoms with E-state index in [4.69, 9.17) is 38.3 Å². The molecular formula is C35H56N5O15P. The van der Waals surface area contributed by atoms with Crippen LogP contribution >= 0.6 is 7.82 Å². The molecule has 2 rings (SSSR count). The smallest absolute Gasteiger partial charge is 0.466 e. The molecule has 316 valence electrons. The number of nitrogens with one attached hydrogen (secondary N) is 1. The monoisotopic (exact) mass is 817 g/mol. The number of ether oxygens (including phenoxy) is 5. The standard InChI is InChI=1S/C35H56N5O15P/c1-4-6-10-14-30(41)50-22-26(23-51-31(42)15-11-7-5-2)54-33(44)17-16-32(43)49-18-12-8-9-13-19-52-56(47,48)53-24-28-27(38-39-36)20-29(55-28)40-21-25(3)34(45)37-35(40)46/h21,26-29H,4-20,22-24H2,1-3H3,(H,47,48)(H,37,45,46)/t27-,28+,29+/m0/s1. The van der Waals surface area contributed by atoms with Crippen LogP contribution in [0.1, 0.15) is 122 Å². The molecule has 1 aromatic heterocycles. The maximum absolute atomic E-state index is 12.4. The fourth-order valence-corrected chi connectivity index (χ4v) is 6.11. The summed E-state index contributed by atoms with van der Waals surface area (Å²) in [6.07, 6.45) is 5.35. The van der Waals surface area contributed by atoms with Crippen molar-refractivity contribution in [3.63, 3.8) is 0 Å². The van der Waals surface area contributed by atoms with Crippen molar-refractivity contribution in [3.8, 4) is 0 Å². The highest BCUT2D eigenvalue weighted by Gasteiger charge is 2.38. The Kier molecular flexibility index (Phi) is 23.0. The van der Waals surface area contributed by atoms with Crippen LogP contribution in [0.25, 0.3) is 10.4 Å². The number of hydrogen-bond acceptors (Lipinski definition) is 15. The summed E-state index contributed by atoms with van der Waals surface area (Å²) in [4.78, 5) is 87.7. The minimum atomic E-state index is -4.52. The number of nitrogens with zero attached hydrogens (tertiary/aromatic N) is 4. The van der Waals surface area contributed by atoms with E-state index in [1.807, 2.05) is 13.8 Å². The van der Waals surface area contributed by atoms with Gasteiger partial charge in [-0.3, -0.25) is 42.6 Å². The summed E-state index contributed by atoms with van der Waals surface area (Å²) in [6, 6.07) is -0.829. The Labute approximate surface area is 325 Å². The summed E-state index contributed by atoms with van der Waals surface area (Å²) in [7, 11) is -4.52. The molecule has 2 N–H and O–H groups in total. The molecule has 0 amide bonds. The van der Waals surface area contributed by atoms with Crippen LogP contribution in [0.2, 0.25) is 0 Å². The first kappa shape index (κ1) is 48.1. The average molecular weight is 818 g/mol.